The summed E-state index contributed by atoms with van der Waals surface area (Å²) in [6.45, 7) is 6.35. The Balaban J connectivity index is 1.57. The van der Waals surface area contributed by atoms with E-state index >= 15 is 0 Å². The standard InChI is InChI=1S/C20H20N4O2S/c1-3-24(12-16-10-7-11-27-16)13-17-21-22-20(25-17)18-14(2)26-23-19(18)15-8-5-4-6-9-15/h4-11H,3,12-13H2,1-2H3. The van der Waals surface area contributed by atoms with Crippen LogP contribution in [0.1, 0.15) is 23.5 Å². The van der Waals surface area contributed by atoms with Gasteiger partial charge in [-0.25, -0.2) is 0 Å². The molecular formula is C20H20N4O2S. The Morgan fingerprint density at radius 2 is 1.89 bits per heavy atom. The van der Waals surface area contributed by atoms with Gasteiger partial charge in [0.1, 0.15) is 17.0 Å². The van der Waals surface area contributed by atoms with Gasteiger partial charge in [-0.05, 0) is 24.9 Å². The number of hydrogen-bond donors (Lipinski definition) is 0. The highest BCUT2D eigenvalue weighted by atomic mass is 32.1. The van der Waals surface area contributed by atoms with Gasteiger partial charge in [0.15, 0.2) is 0 Å². The van der Waals surface area contributed by atoms with Gasteiger partial charge in [-0.15, -0.1) is 21.5 Å². The molecule has 0 bridgehead atoms. The van der Waals surface area contributed by atoms with E-state index < -0.39 is 0 Å². The normalized spacial score (nSPS) is 11.4. The molecule has 0 amide bonds. The van der Waals surface area contributed by atoms with Crippen molar-refractivity contribution < 1.29 is 8.94 Å². The summed E-state index contributed by atoms with van der Waals surface area (Å²) in [6, 6.07) is 14.1. The Bertz CT molecular complexity index is 992. The first-order valence-corrected chi connectivity index (χ1v) is 9.71. The van der Waals surface area contributed by atoms with Crippen LogP contribution in [0.4, 0.5) is 0 Å². The first-order chi connectivity index (χ1) is 13.2. The zero-order chi connectivity index (χ0) is 18.6. The largest absolute Gasteiger partial charge is 0.419 e. The monoisotopic (exact) mass is 380 g/mol. The van der Waals surface area contributed by atoms with Crippen LogP contribution in [0.15, 0.2) is 56.8 Å². The van der Waals surface area contributed by atoms with Crippen molar-refractivity contribution in [2.24, 2.45) is 0 Å². The number of aromatic nitrogens is 3. The van der Waals surface area contributed by atoms with Crippen LogP contribution in [0.2, 0.25) is 0 Å². The van der Waals surface area contributed by atoms with Crippen LogP contribution in [-0.4, -0.2) is 26.8 Å². The van der Waals surface area contributed by atoms with Crippen LogP contribution in [0, 0.1) is 6.92 Å². The lowest BCUT2D eigenvalue weighted by Crippen LogP contribution is -2.21. The van der Waals surface area contributed by atoms with Gasteiger partial charge in [0, 0.05) is 17.0 Å². The van der Waals surface area contributed by atoms with E-state index in [-0.39, 0.29) is 0 Å². The molecule has 4 rings (SSSR count). The molecule has 3 aromatic heterocycles. The minimum absolute atomic E-state index is 0.440. The van der Waals surface area contributed by atoms with Crippen LogP contribution in [0.5, 0.6) is 0 Å². The highest BCUT2D eigenvalue weighted by Crippen LogP contribution is 2.33. The van der Waals surface area contributed by atoms with Gasteiger partial charge in [-0.2, -0.15) is 0 Å². The molecule has 6 nitrogen and oxygen atoms in total. The molecule has 138 valence electrons. The lowest BCUT2D eigenvalue weighted by atomic mass is 10.1. The van der Waals surface area contributed by atoms with Gasteiger partial charge in [0.05, 0.1) is 6.54 Å². The summed E-state index contributed by atoms with van der Waals surface area (Å²) in [5, 5.41) is 14.8. The number of benzene rings is 1. The van der Waals surface area contributed by atoms with Gasteiger partial charge >= 0.3 is 0 Å². The number of thiophene rings is 1. The van der Waals surface area contributed by atoms with Crippen LogP contribution in [0.3, 0.4) is 0 Å². The first-order valence-electron chi connectivity index (χ1n) is 8.83. The van der Waals surface area contributed by atoms with Gasteiger partial charge < -0.3 is 8.94 Å². The third-order valence-corrected chi connectivity index (χ3v) is 5.22. The van der Waals surface area contributed by atoms with Gasteiger partial charge in [-0.3, -0.25) is 4.90 Å². The van der Waals surface area contributed by atoms with E-state index in [2.05, 4.69) is 44.7 Å². The quantitative estimate of drug-likeness (QED) is 0.459. The highest BCUT2D eigenvalue weighted by molar-refractivity contribution is 7.09. The zero-order valence-electron chi connectivity index (χ0n) is 15.3. The summed E-state index contributed by atoms with van der Waals surface area (Å²) in [4.78, 5) is 3.58. The molecule has 7 heteroatoms. The fourth-order valence-electron chi connectivity index (χ4n) is 2.93. The molecule has 0 unspecified atom stereocenters. The van der Waals surface area contributed by atoms with Crippen molar-refractivity contribution in [2.45, 2.75) is 26.9 Å². The molecule has 4 aromatic rings. The SMILES string of the molecule is CCN(Cc1nnc(-c2c(-c3ccccc3)noc2C)o1)Cc1cccs1. The topological polar surface area (TPSA) is 68.2 Å². The van der Waals surface area contributed by atoms with E-state index in [4.69, 9.17) is 8.94 Å². The predicted molar refractivity (Wildman–Crippen MR) is 104 cm³/mol. The number of hydrogen-bond acceptors (Lipinski definition) is 7. The molecule has 0 fully saturated rings. The molecule has 1 aromatic carbocycles. The number of nitrogens with zero attached hydrogens (tertiary/aromatic N) is 4. The minimum Gasteiger partial charge on any atom is -0.419 e. The van der Waals surface area contributed by atoms with E-state index in [9.17, 15) is 0 Å². The Labute approximate surface area is 161 Å². The second kappa shape index (κ2) is 7.85. The Kier molecular flexibility index (Phi) is 5.13. The van der Waals surface area contributed by atoms with Crippen LogP contribution >= 0.6 is 11.3 Å². The van der Waals surface area contributed by atoms with Crippen molar-refractivity contribution in [3.8, 4) is 22.7 Å². The molecule has 0 N–H and O–H groups in total. The number of aryl methyl sites for hydroxylation is 1. The van der Waals surface area contributed by atoms with Crippen molar-refractivity contribution in [1.29, 1.82) is 0 Å². The lowest BCUT2D eigenvalue weighted by molar-refractivity contribution is 0.245. The molecule has 27 heavy (non-hydrogen) atoms. The molecule has 0 atom stereocenters. The van der Waals surface area contributed by atoms with Crippen molar-refractivity contribution in [2.75, 3.05) is 6.54 Å². The molecule has 0 spiro atoms. The average Bonchev–Trinajstić information content (AvgIpc) is 3.43. The molecule has 0 saturated carbocycles. The fraction of sp³-hybridized carbons (Fsp3) is 0.250. The van der Waals surface area contributed by atoms with E-state index in [1.165, 1.54) is 4.88 Å². The summed E-state index contributed by atoms with van der Waals surface area (Å²) in [5.41, 5.74) is 2.42. The first kappa shape index (κ1) is 17.6. The van der Waals surface area contributed by atoms with E-state index in [1.807, 2.05) is 37.3 Å². The van der Waals surface area contributed by atoms with Crippen molar-refractivity contribution in [1.82, 2.24) is 20.3 Å². The summed E-state index contributed by atoms with van der Waals surface area (Å²) < 4.78 is 11.4. The van der Waals surface area contributed by atoms with Crippen LogP contribution in [0.25, 0.3) is 22.7 Å². The minimum atomic E-state index is 0.440. The smallest absolute Gasteiger partial charge is 0.253 e. The van der Waals surface area contributed by atoms with Crippen molar-refractivity contribution >= 4 is 11.3 Å². The Morgan fingerprint density at radius 3 is 2.63 bits per heavy atom. The molecule has 3 heterocycles. The Morgan fingerprint density at radius 1 is 1.04 bits per heavy atom. The van der Waals surface area contributed by atoms with E-state index in [0.717, 1.165) is 24.2 Å². The van der Waals surface area contributed by atoms with Crippen molar-refractivity contribution in [3.05, 3.63) is 64.4 Å². The average molecular weight is 380 g/mol. The number of rotatable bonds is 7. The maximum absolute atomic E-state index is 5.96. The summed E-state index contributed by atoms with van der Waals surface area (Å²) in [6.07, 6.45) is 0. The summed E-state index contributed by atoms with van der Waals surface area (Å²) in [7, 11) is 0. The maximum atomic E-state index is 5.96. The van der Waals surface area contributed by atoms with Crippen molar-refractivity contribution in [3.63, 3.8) is 0 Å². The van der Waals surface area contributed by atoms with Gasteiger partial charge in [-0.1, -0.05) is 48.5 Å². The second-order valence-electron chi connectivity index (χ2n) is 6.21. The third-order valence-electron chi connectivity index (χ3n) is 4.36. The highest BCUT2D eigenvalue weighted by Gasteiger charge is 2.22. The van der Waals surface area contributed by atoms with Gasteiger partial charge in [0.25, 0.3) is 5.89 Å². The second-order valence-corrected chi connectivity index (χ2v) is 7.24. The zero-order valence-corrected chi connectivity index (χ0v) is 16.1. The van der Waals surface area contributed by atoms with Gasteiger partial charge in [0.2, 0.25) is 5.89 Å². The lowest BCUT2D eigenvalue weighted by Gasteiger charge is -2.16. The molecule has 0 radical (unpaired) electrons. The molecule has 0 saturated heterocycles. The van der Waals surface area contributed by atoms with Crippen LogP contribution < -0.4 is 0 Å². The molecule has 0 aliphatic heterocycles. The molecule has 0 aliphatic carbocycles. The molecular weight excluding hydrogens is 360 g/mol. The summed E-state index contributed by atoms with van der Waals surface area (Å²) >= 11 is 1.75. The molecule has 0 aliphatic rings. The van der Waals surface area contributed by atoms with E-state index in [0.29, 0.717) is 29.8 Å². The Hall–Kier alpha value is -2.77. The third kappa shape index (κ3) is 3.84. The predicted octanol–water partition coefficient (Wildman–Crippen LogP) is 4.78. The fourth-order valence-corrected chi connectivity index (χ4v) is 3.68. The van der Waals surface area contributed by atoms with E-state index in [1.54, 1.807) is 11.3 Å². The maximum Gasteiger partial charge on any atom is 0.253 e. The summed E-state index contributed by atoms with van der Waals surface area (Å²) in [5.74, 6) is 1.69. The van der Waals surface area contributed by atoms with Crippen LogP contribution in [-0.2, 0) is 13.1 Å².